The van der Waals surface area contributed by atoms with Crippen molar-refractivity contribution in [1.29, 1.82) is 0 Å². The summed E-state index contributed by atoms with van der Waals surface area (Å²) < 4.78 is 39.5. The Bertz CT molecular complexity index is 499. The van der Waals surface area contributed by atoms with Crippen molar-refractivity contribution < 1.29 is 12.8 Å². The van der Waals surface area contributed by atoms with Gasteiger partial charge in [-0.15, -0.1) is 0 Å². The van der Waals surface area contributed by atoms with E-state index in [2.05, 4.69) is 10.0 Å². The molecular weight excluding hydrogens is 255 g/mol. The van der Waals surface area contributed by atoms with Crippen molar-refractivity contribution in [2.45, 2.75) is 24.6 Å². The van der Waals surface area contributed by atoms with Gasteiger partial charge in [0.1, 0.15) is 5.82 Å². The number of halogens is 1. The molecule has 1 saturated heterocycles. The number of benzene rings is 1. The van der Waals surface area contributed by atoms with Crippen molar-refractivity contribution in [2.24, 2.45) is 0 Å². The Morgan fingerprint density at radius 1 is 1.39 bits per heavy atom. The molecule has 1 atom stereocenters. The highest BCUT2D eigenvalue weighted by molar-refractivity contribution is 7.88. The van der Waals surface area contributed by atoms with E-state index in [0.29, 0.717) is 6.54 Å². The molecular formula is C12H17FN2O2S. The summed E-state index contributed by atoms with van der Waals surface area (Å²) in [5, 5.41) is 3.20. The maximum absolute atomic E-state index is 13.4. The highest BCUT2D eigenvalue weighted by atomic mass is 32.2. The molecule has 1 aliphatic rings. The van der Waals surface area contributed by atoms with E-state index in [0.717, 1.165) is 19.4 Å². The van der Waals surface area contributed by atoms with Crippen LogP contribution in [0.2, 0.25) is 0 Å². The molecule has 0 spiro atoms. The summed E-state index contributed by atoms with van der Waals surface area (Å²) in [6.45, 7) is 1.30. The molecule has 1 aliphatic heterocycles. The van der Waals surface area contributed by atoms with Gasteiger partial charge in [-0.2, -0.15) is 0 Å². The number of rotatable bonds is 5. The minimum atomic E-state index is -3.47. The Balaban J connectivity index is 1.92. The Morgan fingerprint density at radius 2 is 2.17 bits per heavy atom. The fourth-order valence-electron chi connectivity index (χ4n) is 2.03. The largest absolute Gasteiger partial charge is 0.313 e. The van der Waals surface area contributed by atoms with Gasteiger partial charge in [-0.3, -0.25) is 0 Å². The fourth-order valence-corrected chi connectivity index (χ4v) is 3.23. The lowest BCUT2D eigenvalue weighted by molar-refractivity contribution is 0.548. The summed E-state index contributed by atoms with van der Waals surface area (Å²) in [5.74, 6) is -0.797. The molecule has 1 fully saturated rings. The molecule has 0 aromatic heterocycles. The van der Waals surface area contributed by atoms with Crippen LogP contribution in [0, 0.1) is 5.82 Å². The zero-order valence-corrected chi connectivity index (χ0v) is 10.8. The van der Waals surface area contributed by atoms with E-state index in [-0.39, 0.29) is 17.4 Å². The van der Waals surface area contributed by atoms with Gasteiger partial charge in [0, 0.05) is 18.2 Å². The average Bonchev–Trinajstić information content (AvgIpc) is 2.83. The third-order valence-electron chi connectivity index (χ3n) is 3.02. The Morgan fingerprint density at radius 3 is 2.83 bits per heavy atom. The molecule has 0 bridgehead atoms. The van der Waals surface area contributed by atoms with Gasteiger partial charge in [-0.05, 0) is 25.5 Å². The molecule has 0 saturated carbocycles. The molecule has 2 rings (SSSR count). The van der Waals surface area contributed by atoms with E-state index in [1.807, 2.05) is 0 Å². The van der Waals surface area contributed by atoms with Crippen molar-refractivity contribution in [1.82, 2.24) is 10.0 Å². The zero-order valence-electron chi connectivity index (χ0n) is 10.0. The van der Waals surface area contributed by atoms with Crippen molar-refractivity contribution in [3.63, 3.8) is 0 Å². The van der Waals surface area contributed by atoms with Crippen LogP contribution in [0.5, 0.6) is 0 Å². The van der Waals surface area contributed by atoms with Crippen molar-refractivity contribution in [3.8, 4) is 0 Å². The SMILES string of the molecule is O=S(=O)(Cc1ccccc1F)NCC1CCCN1. The summed E-state index contributed by atoms with van der Waals surface area (Å²) in [6.07, 6.45) is 2.04. The van der Waals surface area contributed by atoms with Gasteiger partial charge < -0.3 is 5.32 Å². The molecule has 18 heavy (non-hydrogen) atoms. The Labute approximate surface area is 107 Å². The molecule has 1 unspecified atom stereocenters. The first-order valence-corrected chi connectivity index (χ1v) is 7.66. The number of nitrogens with one attached hydrogen (secondary N) is 2. The highest BCUT2D eigenvalue weighted by Crippen LogP contribution is 2.10. The van der Waals surface area contributed by atoms with Gasteiger partial charge in [0.15, 0.2) is 0 Å². The van der Waals surface area contributed by atoms with Gasteiger partial charge in [0.2, 0.25) is 10.0 Å². The van der Waals surface area contributed by atoms with E-state index < -0.39 is 15.8 Å². The van der Waals surface area contributed by atoms with Gasteiger partial charge in [-0.1, -0.05) is 18.2 Å². The Hall–Kier alpha value is -0.980. The Kier molecular flexibility index (Phi) is 4.31. The minimum Gasteiger partial charge on any atom is -0.313 e. The van der Waals surface area contributed by atoms with Crippen LogP contribution in [0.1, 0.15) is 18.4 Å². The first kappa shape index (κ1) is 13.5. The fraction of sp³-hybridized carbons (Fsp3) is 0.500. The number of hydrogen-bond donors (Lipinski definition) is 2. The smallest absolute Gasteiger partial charge is 0.215 e. The molecule has 1 aromatic carbocycles. The predicted octanol–water partition coefficient (Wildman–Crippen LogP) is 0.997. The summed E-state index contributed by atoms with van der Waals surface area (Å²) >= 11 is 0. The second-order valence-electron chi connectivity index (χ2n) is 4.49. The van der Waals surface area contributed by atoms with Gasteiger partial charge >= 0.3 is 0 Å². The topological polar surface area (TPSA) is 58.2 Å². The van der Waals surface area contributed by atoms with Crippen molar-refractivity contribution >= 4 is 10.0 Å². The lowest BCUT2D eigenvalue weighted by Crippen LogP contribution is -2.37. The summed E-state index contributed by atoms with van der Waals surface area (Å²) in [7, 11) is -3.47. The van der Waals surface area contributed by atoms with E-state index in [4.69, 9.17) is 0 Å². The molecule has 2 N–H and O–H groups in total. The number of hydrogen-bond acceptors (Lipinski definition) is 3. The van der Waals surface area contributed by atoms with Crippen LogP contribution in [-0.2, 0) is 15.8 Å². The van der Waals surface area contributed by atoms with E-state index in [1.54, 1.807) is 12.1 Å². The molecule has 4 nitrogen and oxygen atoms in total. The second kappa shape index (κ2) is 5.77. The van der Waals surface area contributed by atoms with Crippen LogP contribution in [0.4, 0.5) is 4.39 Å². The van der Waals surface area contributed by atoms with Gasteiger partial charge in [0.25, 0.3) is 0 Å². The second-order valence-corrected chi connectivity index (χ2v) is 6.30. The highest BCUT2D eigenvalue weighted by Gasteiger charge is 2.18. The minimum absolute atomic E-state index is 0.195. The standard InChI is InChI=1S/C12H17FN2O2S/c13-12-6-2-1-4-10(12)9-18(16,17)15-8-11-5-3-7-14-11/h1-2,4,6,11,14-15H,3,5,7-9H2. The van der Waals surface area contributed by atoms with Crippen LogP contribution in [0.25, 0.3) is 0 Å². The summed E-state index contributed by atoms with van der Waals surface area (Å²) in [6, 6.07) is 6.12. The third kappa shape index (κ3) is 3.76. The maximum Gasteiger partial charge on any atom is 0.215 e. The molecule has 1 aromatic rings. The first-order chi connectivity index (χ1) is 8.57. The maximum atomic E-state index is 13.4. The molecule has 0 amide bonds. The molecule has 1 heterocycles. The lowest BCUT2D eigenvalue weighted by atomic mass is 10.2. The molecule has 6 heteroatoms. The van der Waals surface area contributed by atoms with Gasteiger partial charge in [0.05, 0.1) is 5.75 Å². The number of sulfonamides is 1. The average molecular weight is 272 g/mol. The normalized spacial score (nSPS) is 20.2. The third-order valence-corrected chi connectivity index (χ3v) is 4.31. The van der Waals surface area contributed by atoms with Crippen LogP contribution >= 0.6 is 0 Å². The van der Waals surface area contributed by atoms with E-state index in [1.165, 1.54) is 12.1 Å². The summed E-state index contributed by atoms with van der Waals surface area (Å²) in [5.41, 5.74) is 0.199. The summed E-state index contributed by atoms with van der Waals surface area (Å²) in [4.78, 5) is 0. The van der Waals surface area contributed by atoms with Crippen LogP contribution < -0.4 is 10.0 Å². The van der Waals surface area contributed by atoms with Crippen molar-refractivity contribution in [2.75, 3.05) is 13.1 Å². The zero-order chi connectivity index (χ0) is 13.0. The van der Waals surface area contributed by atoms with Gasteiger partial charge in [-0.25, -0.2) is 17.5 Å². The lowest BCUT2D eigenvalue weighted by Gasteiger charge is -2.12. The van der Waals surface area contributed by atoms with Crippen LogP contribution in [0.15, 0.2) is 24.3 Å². The monoisotopic (exact) mass is 272 g/mol. The van der Waals surface area contributed by atoms with E-state index in [9.17, 15) is 12.8 Å². The van der Waals surface area contributed by atoms with Crippen LogP contribution in [0.3, 0.4) is 0 Å². The molecule has 100 valence electrons. The molecule has 0 radical (unpaired) electrons. The van der Waals surface area contributed by atoms with Crippen molar-refractivity contribution in [3.05, 3.63) is 35.6 Å². The first-order valence-electron chi connectivity index (χ1n) is 6.01. The predicted molar refractivity (Wildman–Crippen MR) is 68.1 cm³/mol. The quantitative estimate of drug-likeness (QED) is 0.840. The van der Waals surface area contributed by atoms with E-state index >= 15 is 0 Å². The van der Waals surface area contributed by atoms with Crippen LogP contribution in [-0.4, -0.2) is 27.5 Å². The molecule has 0 aliphatic carbocycles.